The number of alkyl carbamates (subject to hydrolysis) is 1. The number of amides is 1. The molecule has 122 valence electrons. The molecule has 7 nitrogen and oxygen atoms in total. The number of rotatable bonds is 8. The Morgan fingerprint density at radius 1 is 1.24 bits per heavy atom. The van der Waals surface area contributed by atoms with Crippen molar-refractivity contribution in [1.82, 2.24) is 5.32 Å². The highest BCUT2D eigenvalue weighted by Crippen LogP contribution is 2.08. The molecule has 0 aromatic carbocycles. The maximum atomic E-state index is 11.8. The maximum Gasteiger partial charge on any atom is 0.408 e. The molecule has 0 saturated heterocycles. The quantitative estimate of drug-likeness (QED) is 0.526. The number of carboxylic acid groups (broad SMARTS) is 1. The van der Waals surface area contributed by atoms with Crippen LogP contribution in [0.1, 0.15) is 53.4 Å². The summed E-state index contributed by atoms with van der Waals surface area (Å²) in [6.45, 7) is 7.28. The molecular weight excluding hydrogens is 278 g/mol. The van der Waals surface area contributed by atoms with Gasteiger partial charge in [0.15, 0.2) is 0 Å². The van der Waals surface area contributed by atoms with Gasteiger partial charge >= 0.3 is 18.0 Å². The van der Waals surface area contributed by atoms with Crippen LogP contribution in [-0.4, -0.2) is 41.4 Å². The SMILES string of the molecule is CCCCOC(=O)[C@H](CCC(=O)O)NC(=O)OC(C)(C)C. The molecule has 21 heavy (non-hydrogen) atoms. The Kier molecular flexibility index (Phi) is 8.42. The summed E-state index contributed by atoms with van der Waals surface area (Å²) < 4.78 is 10.1. The first-order chi connectivity index (χ1) is 9.65. The first-order valence-electron chi connectivity index (χ1n) is 7.03. The normalized spacial score (nSPS) is 12.4. The van der Waals surface area contributed by atoms with Gasteiger partial charge in [-0.2, -0.15) is 0 Å². The Hall–Kier alpha value is -1.79. The molecule has 1 amide bonds. The fourth-order valence-corrected chi connectivity index (χ4v) is 1.38. The van der Waals surface area contributed by atoms with Crippen LogP contribution in [0.5, 0.6) is 0 Å². The maximum absolute atomic E-state index is 11.8. The largest absolute Gasteiger partial charge is 0.481 e. The zero-order chi connectivity index (χ0) is 16.5. The molecule has 0 aliphatic rings. The highest BCUT2D eigenvalue weighted by molar-refractivity contribution is 5.82. The number of carbonyl (C=O) groups excluding carboxylic acids is 2. The van der Waals surface area contributed by atoms with Crippen molar-refractivity contribution >= 4 is 18.0 Å². The van der Waals surface area contributed by atoms with Gasteiger partial charge in [-0.05, 0) is 33.6 Å². The van der Waals surface area contributed by atoms with Gasteiger partial charge in [-0.3, -0.25) is 4.79 Å². The molecular formula is C14H25NO6. The number of nitrogens with one attached hydrogen (secondary N) is 1. The first-order valence-corrected chi connectivity index (χ1v) is 7.03. The van der Waals surface area contributed by atoms with E-state index in [9.17, 15) is 14.4 Å². The van der Waals surface area contributed by atoms with E-state index < -0.39 is 29.7 Å². The van der Waals surface area contributed by atoms with Crippen LogP contribution in [-0.2, 0) is 19.1 Å². The molecule has 7 heteroatoms. The Balaban J connectivity index is 4.53. The van der Waals surface area contributed by atoms with Crippen molar-refractivity contribution in [1.29, 1.82) is 0 Å². The molecule has 0 aromatic heterocycles. The zero-order valence-corrected chi connectivity index (χ0v) is 13.1. The molecule has 0 heterocycles. The van der Waals surface area contributed by atoms with E-state index in [4.69, 9.17) is 14.6 Å². The monoisotopic (exact) mass is 303 g/mol. The smallest absolute Gasteiger partial charge is 0.408 e. The summed E-state index contributed by atoms with van der Waals surface area (Å²) in [7, 11) is 0. The summed E-state index contributed by atoms with van der Waals surface area (Å²) in [5.41, 5.74) is -0.701. The lowest BCUT2D eigenvalue weighted by Gasteiger charge is -2.22. The van der Waals surface area contributed by atoms with E-state index in [0.29, 0.717) is 6.42 Å². The molecule has 0 aliphatic heterocycles. The third-order valence-electron chi connectivity index (χ3n) is 2.36. The second-order valence-corrected chi connectivity index (χ2v) is 5.65. The second-order valence-electron chi connectivity index (χ2n) is 5.65. The Morgan fingerprint density at radius 2 is 1.86 bits per heavy atom. The van der Waals surface area contributed by atoms with Crippen LogP contribution >= 0.6 is 0 Å². The fourth-order valence-electron chi connectivity index (χ4n) is 1.38. The number of esters is 1. The molecule has 0 aliphatic carbocycles. The lowest BCUT2D eigenvalue weighted by atomic mass is 10.1. The van der Waals surface area contributed by atoms with Crippen molar-refractivity contribution in [3.8, 4) is 0 Å². The summed E-state index contributed by atoms with van der Waals surface area (Å²) in [5, 5.41) is 11.0. The van der Waals surface area contributed by atoms with Crippen LogP contribution in [0.2, 0.25) is 0 Å². The third kappa shape index (κ3) is 10.6. The van der Waals surface area contributed by atoms with Crippen molar-refractivity contribution in [2.24, 2.45) is 0 Å². The number of ether oxygens (including phenoxy) is 2. The van der Waals surface area contributed by atoms with Gasteiger partial charge in [-0.1, -0.05) is 13.3 Å². The minimum absolute atomic E-state index is 0.0421. The minimum Gasteiger partial charge on any atom is -0.481 e. The lowest BCUT2D eigenvalue weighted by molar-refractivity contribution is -0.146. The molecule has 0 aromatic rings. The van der Waals surface area contributed by atoms with Gasteiger partial charge in [0.25, 0.3) is 0 Å². The van der Waals surface area contributed by atoms with Crippen molar-refractivity contribution in [3.05, 3.63) is 0 Å². The summed E-state index contributed by atoms with van der Waals surface area (Å²) in [4.78, 5) is 34.1. The molecule has 0 radical (unpaired) electrons. The molecule has 0 spiro atoms. The van der Waals surface area contributed by atoms with Gasteiger partial charge in [0.1, 0.15) is 11.6 Å². The van der Waals surface area contributed by atoms with Crippen molar-refractivity contribution < 1.29 is 29.0 Å². The highest BCUT2D eigenvalue weighted by atomic mass is 16.6. The van der Waals surface area contributed by atoms with Gasteiger partial charge in [-0.25, -0.2) is 9.59 Å². The summed E-state index contributed by atoms with van der Waals surface area (Å²) in [6.07, 6.45) is 0.518. The predicted molar refractivity (Wildman–Crippen MR) is 75.9 cm³/mol. The van der Waals surface area contributed by atoms with Gasteiger partial charge < -0.3 is 19.9 Å². The molecule has 0 fully saturated rings. The van der Waals surface area contributed by atoms with Crippen LogP contribution in [0, 0.1) is 0 Å². The van der Waals surface area contributed by atoms with Crippen LogP contribution < -0.4 is 5.32 Å². The molecule has 0 bridgehead atoms. The lowest BCUT2D eigenvalue weighted by Crippen LogP contribution is -2.44. The minimum atomic E-state index is -1.05. The van der Waals surface area contributed by atoms with E-state index in [1.54, 1.807) is 20.8 Å². The topological polar surface area (TPSA) is 102 Å². The van der Waals surface area contributed by atoms with E-state index >= 15 is 0 Å². The van der Waals surface area contributed by atoms with Crippen LogP contribution in [0.4, 0.5) is 4.79 Å². The fraction of sp³-hybridized carbons (Fsp3) is 0.786. The van der Waals surface area contributed by atoms with E-state index in [2.05, 4.69) is 5.32 Å². The summed E-state index contributed by atoms with van der Waals surface area (Å²) in [5.74, 6) is -1.69. The molecule has 0 rings (SSSR count). The van der Waals surface area contributed by atoms with Crippen LogP contribution in [0.15, 0.2) is 0 Å². The Labute approximate surface area is 125 Å². The zero-order valence-electron chi connectivity index (χ0n) is 13.1. The highest BCUT2D eigenvalue weighted by Gasteiger charge is 2.26. The second kappa shape index (κ2) is 9.20. The van der Waals surface area contributed by atoms with E-state index in [0.717, 1.165) is 6.42 Å². The molecule has 0 saturated carbocycles. The first kappa shape index (κ1) is 19.2. The average molecular weight is 303 g/mol. The van der Waals surface area contributed by atoms with Gasteiger partial charge in [0.2, 0.25) is 0 Å². The number of hydrogen-bond acceptors (Lipinski definition) is 5. The number of unbranched alkanes of at least 4 members (excludes halogenated alkanes) is 1. The van der Waals surface area contributed by atoms with Gasteiger partial charge in [-0.15, -0.1) is 0 Å². The summed E-state index contributed by atoms with van der Waals surface area (Å²) in [6, 6.07) is -1.02. The number of carbonyl (C=O) groups is 3. The molecule has 2 N–H and O–H groups in total. The molecule has 0 unspecified atom stereocenters. The van der Waals surface area contributed by atoms with E-state index in [1.807, 2.05) is 6.92 Å². The van der Waals surface area contributed by atoms with Crippen molar-refractivity contribution in [3.63, 3.8) is 0 Å². The number of hydrogen-bond donors (Lipinski definition) is 2. The average Bonchev–Trinajstić information content (AvgIpc) is 2.32. The van der Waals surface area contributed by atoms with E-state index in [-0.39, 0.29) is 19.4 Å². The van der Waals surface area contributed by atoms with Crippen molar-refractivity contribution in [2.75, 3.05) is 6.61 Å². The Bertz CT molecular complexity index is 361. The standard InChI is InChI=1S/C14H25NO6/c1-5-6-9-20-12(18)10(7-8-11(16)17)15-13(19)21-14(2,3)4/h10H,5-9H2,1-4H3,(H,15,19)(H,16,17)/t10-/m0/s1. The predicted octanol–water partition coefficient (Wildman–Crippen LogP) is 2.09. The van der Waals surface area contributed by atoms with E-state index in [1.165, 1.54) is 0 Å². The molecule has 1 atom stereocenters. The van der Waals surface area contributed by atoms with Gasteiger partial charge in [0.05, 0.1) is 6.61 Å². The Morgan fingerprint density at radius 3 is 2.33 bits per heavy atom. The third-order valence-corrected chi connectivity index (χ3v) is 2.36. The number of aliphatic carboxylic acids is 1. The summed E-state index contributed by atoms with van der Waals surface area (Å²) >= 11 is 0. The van der Waals surface area contributed by atoms with Gasteiger partial charge in [0, 0.05) is 6.42 Å². The van der Waals surface area contributed by atoms with Crippen LogP contribution in [0.25, 0.3) is 0 Å². The number of carboxylic acids is 1. The van der Waals surface area contributed by atoms with Crippen LogP contribution in [0.3, 0.4) is 0 Å². The van der Waals surface area contributed by atoms with Crippen molar-refractivity contribution in [2.45, 2.75) is 65.0 Å².